The zero-order chi connectivity index (χ0) is 32.0. The number of aliphatic hydroxyl groups is 1. The van der Waals surface area contributed by atoms with Crippen molar-refractivity contribution in [3.8, 4) is 5.75 Å². The van der Waals surface area contributed by atoms with Crippen molar-refractivity contribution < 1.29 is 24.1 Å². The molecule has 1 amide bonds. The smallest absolute Gasteiger partial charge is 0.224 e. The van der Waals surface area contributed by atoms with Gasteiger partial charge >= 0.3 is 0 Å². The summed E-state index contributed by atoms with van der Waals surface area (Å²) < 4.78 is 18.6. The molecule has 0 aliphatic carbocycles. The molecule has 1 unspecified atom stereocenters. The number of carbonyl (C=O) groups is 1. The van der Waals surface area contributed by atoms with Gasteiger partial charge in [0.15, 0.2) is 5.82 Å². The first kappa shape index (κ1) is 34.4. The lowest BCUT2D eigenvalue weighted by Crippen LogP contribution is -2.48. The van der Waals surface area contributed by atoms with Crippen molar-refractivity contribution in [2.24, 2.45) is 5.73 Å². The Labute approximate surface area is 265 Å². The number of methoxy groups -OCH3 is 1. The Morgan fingerprint density at radius 2 is 1.84 bits per heavy atom. The number of aliphatic hydroxyl groups excluding tert-OH is 1. The molecule has 13 heteroatoms. The molecule has 3 heterocycles. The third-order valence-corrected chi connectivity index (χ3v) is 8.01. The predicted molar refractivity (Wildman–Crippen MR) is 175 cm³/mol. The number of unbranched alkanes of at least 4 members (excludes halogenated alkanes) is 1. The maximum Gasteiger partial charge on any atom is 0.224 e. The molecule has 0 radical (unpaired) electrons. The van der Waals surface area contributed by atoms with E-state index in [0.717, 1.165) is 61.2 Å². The lowest BCUT2D eigenvalue weighted by molar-refractivity contribution is -0.134. The molecule has 45 heavy (non-hydrogen) atoms. The summed E-state index contributed by atoms with van der Waals surface area (Å²) >= 11 is 0. The van der Waals surface area contributed by atoms with Crippen LogP contribution in [0.5, 0.6) is 5.75 Å². The van der Waals surface area contributed by atoms with Crippen LogP contribution in [0.1, 0.15) is 43.7 Å². The number of fused-ring (bicyclic) bond motifs is 1. The fourth-order valence-electron chi connectivity index (χ4n) is 5.58. The Kier molecular flexibility index (Phi) is 13.6. The Balaban J connectivity index is 1.37. The molecule has 3 aromatic rings. The maximum absolute atomic E-state index is 12.7. The van der Waals surface area contributed by atoms with Gasteiger partial charge in [-0.2, -0.15) is 4.98 Å². The number of hydrogen-bond donors (Lipinski definition) is 4. The van der Waals surface area contributed by atoms with Gasteiger partial charge in [0.1, 0.15) is 11.3 Å². The molecule has 2 aromatic heterocycles. The fraction of sp³-hybridized carbons (Fsp3) is 0.594. The van der Waals surface area contributed by atoms with Crippen LogP contribution in [0, 0.1) is 0 Å². The van der Waals surface area contributed by atoms with Gasteiger partial charge in [-0.3, -0.25) is 9.69 Å². The van der Waals surface area contributed by atoms with E-state index < -0.39 is 0 Å². The maximum atomic E-state index is 12.7. The fourth-order valence-corrected chi connectivity index (χ4v) is 5.58. The Bertz CT molecular complexity index is 1340. The third kappa shape index (κ3) is 10.00. The number of aromatic nitrogens is 3. The summed E-state index contributed by atoms with van der Waals surface area (Å²) in [5.74, 6) is 1.72. The SMILES string of the molecule is CCCCC(CO)Nc1nc(N)nc2ccn(Cc3cc(CN4CCN(C(=O)CCOCCOCCN)CC4)ccc3OC)c12. The van der Waals surface area contributed by atoms with E-state index in [4.69, 9.17) is 25.7 Å². The molecule has 6 N–H and O–H groups in total. The number of nitrogens with one attached hydrogen (secondary N) is 1. The van der Waals surface area contributed by atoms with Crippen molar-refractivity contribution in [2.45, 2.75) is 51.7 Å². The van der Waals surface area contributed by atoms with E-state index in [0.29, 0.717) is 64.8 Å². The molecule has 1 aliphatic rings. The number of hydrogen-bond acceptors (Lipinski definition) is 11. The molecule has 248 valence electrons. The zero-order valence-corrected chi connectivity index (χ0v) is 26.7. The molecule has 1 aliphatic heterocycles. The van der Waals surface area contributed by atoms with Gasteiger partial charge in [0, 0.05) is 51.0 Å². The number of anilines is 2. The number of rotatable bonds is 19. The Hall–Kier alpha value is -3.49. The van der Waals surface area contributed by atoms with Gasteiger partial charge in [-0.1, -0.05) is 25.8 Å². The number of amides is 1. The average Bonchev–Trinajstić information content (AvgIpc) is 3.45. The van der Waals surface area contributed by atoms with E-state index >= 15 is 0 Å². The molecule has 1 saturated heterocycles. The highest BCUT2D eigenvalue weighted by Crippen LogP contribution is 2.28. The summed E-state index contributed by atoms with van der Waals surface area (Å²) in [5.41, 5.74) is 15.2. The first-order valence-corrected chi connectivity index (χ1v) is 16.0. The monoisotopic (exact) mass is 626 g/mol. The number of nitrogens with two attached hydrogens (primary N) is 2. The minimum absolute atomic E-state index is 0.00458. The van der Waals surface area contributed by atoms with E-state index in [1.807, 2.05) is 23.2 Å². The van der Waals surface area contributed by atoms with Crippen LogP contribution in [0.15, 0.2) is 30.5 Å². The zero-order valence-electron chi connectivity index (χ0n) is 26.7. The van der Waals surface area contributed by atoms with E-state index in [1.54, 1.807) is 7.11 Å². The number of piperazine rings is 1. The van der Waals surface area contributed by atoms with Crippen molar-refractivity contribution in [3.05, 3.63) is 41.6 Å². The highest BCUT2D eigenvalue weighted by molar-refractivity contribution is 5.87. The van der Waals surface area contributed by atoms with Crippen molar-refractivity contribution in [3.63, 3.8) is 0 Å². The number of benzene rings is 1. The highest BCUT2D eigenvalue weighted by Gasteiger charge is 2.22. The van der Waals surface area contributed by atoms with E-state index in [9.17, 15) is 9.90 Å². The number of ether oxygens (including phenoxy) is 3. The first-order chi connectivity index (χ1) is 21.9. The molecule has 1 fully saturated rings. The summed E-state index contributed by atoms with van der Waals surface area (Å²) in [7, 11) is 1.68. The molecule has 1 aromatic carbocycles. The van der Waals surface area contributed by atoms with Crippen LogP contribution in [-0.2, 0) is 27.4 Å². The number of nitrogen functional groups attached to an aromatic ring is 1. The van der Waals surface area contributed by atoms with Gasteiger partial charge in [0.25, 0.3) is 0 Å². The number of nitrogens with zero attached hydrogens (tertiary/aromatic N) is 5. The van der Waals surface area contributed by atoms with Crippen molar-refractivity contribution >= 4 is 28.7 Å². The van der Waals surface area contributed by atoms with E-state index in [2.05, 4.69) is 43.8 Å². The van der Waals surface area contributed by atoms with Crippen molar-refractivity contribution in [2.75, 3.05) is 83.9 Å². The normalized spacial score (nSPS) is 14.6. The van der Waals surface area contributed by atoms with Gasteiger partial charge in [-0.15, -0.1) is 0 Å². The van der Waals surface area contributed by atoms with Crippen LogP contribution >= 0.6 is 0 Å². The summed E-state index contributed by atoms with van der Waals surface area (Å²) in [5, 5.41) is 13.4. The topological polar surface area (TPSA) is 166 Å². The highest BCUT2D eigenvalue weighted by atomic mass is 16.5. The van der Waals surface area contributed by atoms with Crippen molar-refractivity contribution in [1.29, 1.82) is 0 Å². The second-order valence-corrected chi connectivity index (χ2v) is 11.3. The Morgan fingerprint density at radius 3 is 2.56 bits per heavy atom. The molecule has 0 saturated carbocycles. The molecular weight excluding hydrogens is 576 g/mol. The van der Waals surface area contributed by atoms with Gasteiger partial charge in [-0.25, -0.2) is 4.98 Å². The third-order valence-electron chi connectivity index (χ3n) is 8.01. The van der Waals surface area contributed by atoms with Crippen LogP contribution in [0.4, 0.5) is 11.8 Å². The van der Waals surface area contributed by atoms with Gasteiger partial charge in [0.2, 0.25) is 11.9 Å². The lowest BCUT2D eigenvalue weighted by Gasteiger charge is -2.35. The van der Waals surface area contributed by atoms with Gasteiger partial charge < -0.3 is 45.6 Å². The Morgan fingerprint density at radius 1 is 1.07 bits per heavy atom. The van der Waals surface area contributed by atoms with E-state index in [-0.39, 0.29) is 24.5 Å². The minimum Gasteiger partial charge on any atom is -0.496 e. The van der Waals surface area contributed by atoms with Crippen LogP contribution in [-0.4, -0.2) is 114 Å². The molecule has 1 atom stereocenters. The molecule has 4 rings (SSSR count). The summed E-state index contributed by atoms with van der Waals surface area (Å²) in [6.45, 7) is 8.83. The second-order valence-electron chi connectivity index (χ2n) is 11.3. The van der Waals surface area contributed by atoms with Crippen LogP contribution in [0.3, 0.4) is 0 Å². The van der Waals surface area contributed by atoms with Crippen molar-refractivity contribution in [1.82, 2.24) is 24.3 Å². The minimum atomic E-state index is -0.126. The average molecular weight is 627 g/mol. The first-order valence-electron chi connectivity index (χ1n) is 16.0. The second kappa shape index (κ2) is 17.9. The molecule has 0 spiro atoms. The van der Waals surface area contributed by atoms with Gasteiger partial charge in [0.05, 0.1) is 64.7 Å². The van der Waals surface area contributed by atoms with Gasteiger partial charge in [-0.05, 0) is 30.2 Å². The molecule has 13 nitrogen and oxygen atoms in total. The number of carbonyl (C=O) groups excluding carboxylic acids is 1. The van der Waals surface area contributed by atoms with Crippen LogP contribution in [0.2, 0.25) is 0 Å². The van der Waals surface area contributed by atoms with E-state index in [1.165, 1.54) is 5.56 Å². The summed E-state index contributed by atoms with van der Waals surface area (Å²) in [6, 6.07) is 8.09. The van der Waals surface area contributed by atoms with Crippen LogP contribution in [0.25, 0.3) is 11.0 Å². The molecular formula is C32H50N8O5. The predicted octanol–water partition coefficient (Wildman–Crippen LogP) is 2.06. The quantitative estimate of drug-likeness (QED) is 0.144. The van der Waals surface area contributed by atoms with Crippen LogP contribution < -0.4 is 21.5 Å². The summed E-state index contributed by atoms with van der Waals surface area (Å²) in [4.78, 5) is 25.9. The lowest BCUT2D eigenvalue weighted by atomic mass is 10.1. The summed E-state index contributed by atoms with van der Waals surface area (Å²) in [6.07, 6.45) is 5.23. The largest absolute Gasteiger partial charge is 0.496 e. The molecule has 0 bridgehead atoms. The standard InChI is InChI=1S/C32H50N8O5/c1-3-4-5-26(23-41)35-31-30-27(36-32(34)37-31)8-11-40(30)22-25-20-24(6-7-28(25)43-2)21-38-12-14-39(15-13-38)29(42)9-16-44-18-19-45-17-10-33/h6-8,11,20,26,41H,3-5,9-10,12-19,21-23,33H2,1-2H3,(H3,34,35,36,37).